The number of hydrogen-bond acceptors (Lipinski definition) is 7. The second kappa shape index (κ2) is 9.39. The van der Waals surface area contributed by atoms with Gasteiger partial charge in [-0.05, 0) is 37.7 Å². The van der Waals surface area contributed by atoms with E-state index in [1.165, 1.54) is 6.33 Å². The molecule has 9 nitrogen and oxygen atoms in total. The summed E-state index contributed by atoms with van der Waals surface area (Å²) in [5.41, 5.74) is 2.95. The van der Waals surface area contributed by atoms with Crippen LogP contribution in [0.15, 0.2) is 49.2 Å². The van der Waals surface area contributed by atoms with E-state index in [1.807, 2.05) is 24.3 Å². The third-order valence-electron chi connectivity index (χ3n) is 7.63. The van der Waals surface area contributed by atoms with E-state index >= 15 is 0 Å². The normalized spacial score (nSPS) is 15.9. The maximum atomic E-state index is 13.4. The number of aromatic nitrogens is 8. The Kier molecular flexibility index (Phi) is 5.79. The summed E-state index contributed by atoms with van der Waals surface area (Å²) in [6.07, 6.45) is 6.44. The standard InChI is InChI=1S/C28H25F3N8O/c1-40-27-22(23(17-9-10-17)33-15-34-27)24-32-11-19-12-35-39(26(19)37-24)13-16-5-7-18(8-6-16)25-36-21(28(29,30)31)14-38(25)20-3-2-4-20/h5-8,11-12,14-15,17,20H,2-4,9-10,13H2,1H3. The van der Waals surface area contributed by atoms with Crippen molar-refractivity contribution in [1.82, 2.24) is 39.3 Å². The van der Waals surface area contributed by atoms with E-state index in [4.69, 9.17) is 9.72 Å². The molecule has 0 radical (unpaired) electrons. The zero-order chi connectivity index (χ0) is 27.4. The van der Waals surface area contributed by atoms with Gasteiger partial charge in [0.1, 0.15) is 17.7 Å². The molecule has 0 N–H and O–H groups in total. The molecule has 7 rings (SSSR count). The quantitative estimate of drug-likeness (QED) is 0.254. The molecule has 12 heteroatoms. The molecule has 5 aromatic rings. The average molecular weight is 547 g/mol. The van der Waals surface area contributed by atoms with E-state index in [-0.39, 0.29) is 6.04 Å². The maximum Gasteiger partial charge on any atom is 0.434 e. The van der Waals surface area contributed by atoms with Gasteiger partial charge in [-0.25, -0.2) is 29.6 Å². The number of hydrogen-bond donors (Lipinski definition) is 0. The van der Waals surface area contributed by atoms with Crippen LogP contribution in [0.1, 0.15) is 61.0 Å². The number of rotatable bonds is 7. The van der Waals surface area contributed by atoms with Crippen molar-refractivity contribution in [2.75, 3.05) is 7.11 Å². The molecule has 0 unspecified atom stereocenters. The number of alkyl halides is 3. The highest BCUT2D eigenvalue weighted by Crippen LogP contribution is 2.45. The van der Waals surface area contributed by atoms with Crippen molar-refractivity contribution in [3.05, 3.63) is 66.1 Å². The lowest BCUT2D eigenvalue weighted by molar-refractivity contribution is -0.140. The number of fused-ring (bicyclic) bond motifs is 1. The SMILES string of the molecule is COc1ncnc(C2CC2)c1-c1ncc2cnn(Cc3ccc(-c4nc(C(F)(F)F)cn4C4CCC4)cc3)c2n1. The second-order valence-corrected chi connectivity index (χ2v) is 10.3. The zero-order valence-electron chi connectivity index (χ0n) is 21.6. The summed E-state index contributed by atoms with van der Waals surface area (Å²) in [6, 6.07) is 7.45. The van der Waals surface area contributed by atoms with E-state index in [1.54, 1.807) is 28.8 Å². The molecule has 0 spiro atoms. The highest BCUT2D eigenvalue weighted by Gasteiger charge is 2.36. The summed E-state index contributed by atoms with van der Waals surface area (Å²) in [5.74, 6) is 1.61. The molecule has 4 heterocycles. The first-order chi connectivity index (χ1) is 19.4. The highest BCUT2D eigenvalue weighted by atomic mass is 19.4. The summed E-state index contributed by atoms with van der Waals surface area (Å²) in [6.45, 7) is 0.420. The van der Waals surface area contributed by atoms with Gasteiger partial charge >= 0.3 is 6.18 Å². The molecular weight excluding hydrogens is 521 g/mol. The van der Waals surface area contributed by atoms with E-state index in [2.05, 4.69) is 25.0 Å². The van der Waals surface area contributed by atoms with Gasteiger partial charge in [-0.3, -0.25) is 0 Å². The van der Waals surface area contributed by atoms with Crippen LogP contribution in [0.25, 0.3) is 33.8 Å². The maximum absolute atomic E-state index is 13.4. The summed E-state index contributed by atoms with van der Waals surface area (Å²) < 4.78 is 49.2. The van der Waals surface area contributed by atoms with Crippen LogP contribution in [-0.2, 0) is 12.7 Å². The molecule has 0 aliphatic heterocycles. The topological polar surface area (TPSA) is 96.4 Å². The Bertz CT molecular complexity index is 1700. The van der Waals surface area contributed by atoms with E-state index in [0.29, 0.717) is 46.8 Å². The largest absolute Gasteiger partial charge is 0.480 e. The minimum absolute atomic E-state index is 0.0525. The van der Waals surface area contributed by atoms with Gasteiger partial charge < -0.3 is 9.30 Å². The van der Waals surface area contributed by atoms with Gasteiger partial charge in [-0.15, -0.1) is 0 Å². The van der Waals surface area contributed by atoms with Crippen LogP contribution in [-0.4, -0.2) is 46.4 Å². The third kappa shape index (κ3) is 4.37. The van der Waals surface area contributed by atoms with Gasteiger partial charge in [0.25, 0.3) is 0 Å². The molecule has 4 aromatic heterocycles. The molecular formula is C28H25F3N8O. The van der Waals surface area contributed by atoms with Crippen LogP contribution in [0.2, 0.25) is 0 Å². The Labute approximate surface area is 227 Å². The first-order valence-electron chi connectivity index (χ1n) is 13.2. The van der Waals surface area contributed by atoms with Crippen molar-refractivity contribution in [1.29, 1.82) is 0 Å². The molecule has 2 aliphatic carbocycles. The van der Waals surface area contributed by atoms with Crippen LogP contribution in [0, 0.1) is 0 Å². The first-order valence-corrected chi connectivity index (χ1v) is 13.2. The summed E-state index contributed by atoms with van der Waals surface area (Å²) in [5, 5.41) is 5.30. The van der Waals surface area contributed by atoms with Crippen LogP contribution < -0.4 is 4.74 Å². The lowest BCUT2D eigenvalue weighted by atomic mass is 9.92. The van der Waals surface area contributed by atoms with Gasteiger partial charge in [-0.2, -0.15) is 18.3 Å². The van der Waals surface area contributed by atoms with Crippen molar-refractivity contribution in [2.45, 2.75) is 56.8 Å². The molecule has 2 aliphatic rings. The van der Waals surface area contributed by atoms with E-state index in [0.717, 1.165) is 54.9 Å². The van der Waals surface area contributed by atoms with Crippen molar-refractivity contribution >= 4 is 11.0 Å². The predicted molar refractivity (Wildman–Crippen MR) is 140 cm³/mol. The Morgan fingerprint density at radius 1 is 0.975 bits per heavy atom. The minimum atomic E-state index is -4.49. The van der Waals surface area contributed by atoms with Crippen molar-refractivity contribution in [3.8, 4) is 28.7 Å². The highest BCUT2D eigenvalue weighted by molar-refractivity contribution is 5.77. The Balaban J connectivity index is 1.20. The monoisotopic (exact) mass is 546 g/mol. The molecule has 204 valence electrons. The fraction of sp³-hybridized carbons (Fsp3) is 0.357. The fourth-order valence-corrected chi connectivity index (χ4v) is 5.14. The summed E-state index contributed by atoms with van der Waals surface area (Å²) in [4.78, 5) is 22.1. The first kappa shape index (κ1) is 24.7. The van der Waals surface area contributed by atoms with E-state index < -0.39 is 11.9 Å². The summed E-state index contributed by atoms with van der Waals surface area (Å²) >= 11 is 0. The van der Waals surface area contributed by atoms with Crippen LogP contribution in [0.3, 0.4) is 0 Å². The van der Waals surface area contributed by atoms with Crippen LogP contribution in [0.4, 0.5) is 13.2 Å². The smallest absolute Gasteiger partial charge is 0.434 e. The number of ether oxygens (including phenoxy) is 1. The second-order valence-electron chi connectivity index (χ2n) is 10.3. The molecule has 0 bridgehead atoms. The molecule has 0 amide bonds. The fourth-order valence-electron chi connectivity index (χ4n) is 5.14. The molecule has 1 aromatic carbocycles. The number of methoxy groups -OCH3 is 1. The lowest BCUT2D eigenvalue weighted by Gasteiger charge is -2.28. The number of nitrogens with zero attached hydrogens (tertiary/aromatic N) is 8. The van der Waals surface area contributed by atoms with Crippen molar-refractivity contribution < 1.29 is 17.9 Å². The molecule has 40 heavy (non-hydrogen) atoms. The summed E-state index contributed by atoms with van der Waals surface area (Å²) in [7, 11) is 1.57. The van der Waals surface area contributed by atoms with Crippen LogP contribution >= 0.6 is 0 Å². The van der Waals surface area contributed by atoms with Gasteiger partial charge in [0.15, 0.2) is 17.2 Å². The Morgan fingerprint density at radius 2 is 1.77 bits per heavy atom. The molecule has 0 saturated heterocycles. The lowest BCUT2D eigenvalue weighted by Crippen LogP contribution is -2.17. The molecule has 2 fully saturated rings. The van der Waals surface area contributed by atoms with Crippen molar-refractivity contribution in [2.24, 2.45) is 0 Å². The third-order valence-corrected chi connectivity index (χ3v) is 7.63. The number of benzene rings is 1. The number of imidazole rings is 1. The Hall–Kier alpha value is -4.35. The number of halogens is 3. The average Bonchev–Trinajstić information content (AvgIpc) is 3.56. The Morgan fingerprint density at radius 3 is 2.45 bits per heavy atom. The minimum Gasteiger partial charge on any atom is -0.480 e. The van der Waals surface area contributed by atoms with Gasteiger partial charge in [-0.1, -0.05) is 24.3 Å². The van der Waals surface area contributed by atoms with Crippen LogP contribution in [0.5, 0.6) is 5.88 Å². The van der Waals surface area contributed by atoms with Gasteiger partial charge in [0.2, 0.25) is 5.88 Å². The van der Waals surface area contributed by atoms with Crippen molar-refractivity contribution in [3.63, 3.8) is 0 Å². The molecule has 0 atom stereocenters. The van der Waals surface area contributed by atoms with Gasteiger partial charge in [0.05, 0.1) is 30.9 Å². The van der Waals surface area contributed by atoms with Gasteiger partial charge in [0, 0.05) is 29.9 Å². The molecule has 2 saturated carbocycles. The predicted octanol–water partition coefficient (Wildman–Crippen LogP) is 5.82. The van der Waals surface area contributed by atoms with E-state index in [9.17, 15) is 13.2 Å². The zero-order valence-corrected chi connectivity index (χ0v) is 21.6.